The van der Waals surface area contributed by atoms with E-state index in [1.807, 2.05) is 4.90 Å². The minimum absolute atomic E-state index is 0.150. The number of alkyl halides is 5. The molecule has 0 unspecified atom stereocenters. The summed E-state index contributed by atoms with van der Waals surface area (Å²) < 4.78 is 71.2. The van der Waals surface area contributed by atoms with E-state index in [-0.39, 0.29) is 29.3 Å². The third-order valence-corrected chi connectivity index (χ3v) is 6.81. The molecule has 198 valence electrons. The van der Waals surface area contributed by atoms with Gasteiger partial charge in [-0.05, 0) is 31.9 Å². The number of nitrogens with zero attached hydrogens (tertiary/aromatic N) is 7. The molecule has 0 aliphatic carbocycles. The first-order chi connectivity index (χ1) is 17.6. The van der Waals surface area contributed by atoms with E-state index in [0.717, 1.165) is 16.9 Å². The summed E-state index contributed by atoms with van der Waals surface area (Å²) in [4.78, 5) is 28.6. The van der Waals surface area contributed by atoms with Crippen LogP contribution in [0.15, 0.2) is 24.5 Å². The Morgan fingerprint density at radius 2 is 1.89 bits per heavy atom. The van der Waals surface area contributed by atoms with Gasteiger partial charge < -0.3 is 14.5 Å². The fourth-order valence-corrected chi connectivity index (χ4v) is 4.94. The van der Waals surface area contributed by atoms with Crippen molar-refractivity contribution in [2.45, 2.75) is 45.3 Å². The molecule has 0 atom stereocenters. The number of aromatic nitrogens is 5. The second kappa shape index (κ2) is 9.38. The summed E-state index contributed by atoms with van der Waals surface area (Å²) in [5, 5.41) is 4.09. The van der Waals surface area contributed by atoms with Crippen molar-refractivity contribution in [3.05, 3.63) is 30.2 Å². The lowest BCUT2D eigenvalue weighted by molar-refractivity contribution is -0.141. The highest BCUT2D eigenvalue weighted by atomic mass is 19.4. The minimum Gasteiger partial charge on any atom is -0.475 e. The first kappa shape index (κ1) is 25.1. The SMILES string of the molecule is CCOc1nn(CC(F)F)c2nc(N3CCC4(CC3)CC(=O)N(c3ccc(C(F)(F)F)nc3)C4)cnc12. The maximum Gasteiger partial charge on any atom is 0.433 e. The van der Waals surface area contributed by atoms with E-state index in [1.165, 1.54) is 11.0 Å². The molecule has 14 heteroatoms. The zero-order valence-corrected chi connectivity index (χ0v) is 19.9. The van der Waals surface area contributed by atoms with Gasteiger partial charge in [-0.25, -0.2) is 28.4 Å². The molecule has 2 aliphatic heterocycles. The van der Waals surface area contributed by atoms with Crippen LogP contribution in [0.3, 0.4) is 0 Å². The number of hydrogen-bond acceptors (Lipinski definition) is 7. The molecule has 3 aromatic heterocycles. The molecular weight excluding hydrogens is 501 g/mol. The van der Waals surface area contributed by atoms with Gasteiger partial charge in [0.1, 0.15) is 18.1 Å². The van der Waals surface area contributed by atoms with E-state index in [2.05, 4.69) is 20.1 Å². The van der Waals surface area contributed by atoms with E-state index in [4.69, 9.17) is 4.74 Å². The van der Waals surface area contributed by atoms with Gasteiger partial charge in [-0.15, -0.1) is 5.10 Å². The molecule has 2 saturated heterocycles. The van der Waals surface area contributed by atoms with Gasteiger partial charge in [-0.2, -0.15) is 13.2 Å². The zero-order chi connectivity index (χ0) is 26.4. The van der Waals surface area contributed by atoms with Crippen LogP contribution < -0.4 is 14.5 Å². The molecule has 0 N–H and O–H groups in total. The second-order valence-electron chi connectivity index (χ2n) is 9.25. The second-order valence-corrected chi connectivity index (χ2v) is 9.25. The summed E-state index contributed by atoms with van der Waals surface area (Å²) in [7, 11) is 0. The minimum atomic E-state index is -4.55. The van der Waals surface area contributed by atoms with Crippen LogP contribution >= 0.6 is 0 Å². The van der Waals surface area contributed by atoms with E-state index in [9.17, 15) is 26.7 Å². The van der Waals surface area contributed by atoms with E-state index < -0.39 is 24.8 Å². The normalized spacial score (nSPS) is 18.0. The van der Waals surface area contributed by atoms with Crippen molar-refractivity contribution in [1.82, 2.24) is 24.7 Å². The first-order valence-corrected chi connectivity index (χ1v) is 11.8. The van der Waals surface area contributed by atoms with Crippen LogP contribution in [0.2, 0.25) is 0 Å². The quantitative estimate of drug-likeness (QED) is 0.451. The summed E-state index contributed by atoms with van der Waals surface area (Å²) in [6.45, 7) is 2.91. The average molecular weight is 525 g/mol. The van der Waals surface area contributed by atoms with E-state index in [0.29, 0.717) is 56.1 Å². The number of rotatable bonds is 6. The third kappa shape index (κ3) is 4.88. The van der Waals surface area contributed by atoms with Crippen LogP contribution in [0.5, 0.6) is 5.88 Å². The molecule has 2 fully saturated rings. The number of halogens is 5. The third-order valence-electron chi connectivity index (χ3n) is 6.81. The van der Waals surface area contributed by atoms with Crippen LogP contribution in [-0.4, -0.2) is 63.3 Å². The van der Waals surface area contributed by atoms with Gasteiger partial charge in [-0.3, -0.25) is 4.79 Å². The monoisotopic (exact) mass is 525 g/mol. The number of carbonyl (C=O) groups excluding carboxylic acids is 1. The Balaban J connectivity index is 1.30. The Morgan fingerprint density at radius 3 is 2.51 bits per heavy atom. The van der Waals surface area contributed by atoms with Crippen molar-refractivity contribution in [2.75, 3.05) is 36.0 Å². The van der Waals surface area contributed by atoms with Crippen LogP contribution in [-0.2, 0) is 17.5 Å². The van der Waals surface area contributed by atoms with Gasteiger partial charge in [-0.1, -0.05) is 0 Å². The fourth-order valence-electron chi connectivity index (χ4n) is 4.94. The molecule has 0 saturated carbocycles. The molecule has 0 bridgehead atoms. The number of anilines is 2. The van der Waals surface area contributed by atoms with Crippen LogP contribution in [0.25, 0.3) is 11.2 Å². The maximum atomic E-state index is 13.1. The summed E-state index contributed by atoms with van der Waals surface area (Å²) >= 11 is 0. The van der Waals surface area contributed by atoms with E-state index in [1.54, 1.807) is 13.1 Å². The molecule has 2 aliphatic rings. The zero-order valence-electron chi connectivity index (χ0n) is 19.9. The van der Waals surface area contributed by atoms with Crippen LogP contribution in [0, 0.1) is 5.41 Å². The summed E-state index contributed by atoms with van der Waals surface area (Å²) in [5.74, 6) is 0.502. The Hall–Kier alpha value is -3.58. The Labute approximate surface area is 208 Å². The fraction of sp³-hybridized carbons (Fsp3) is 0.522. The largest absolute Gasteiger partial charge is 0.475 e. The molecule has 3 aromatic rings. The highest BCUT2D eigenvalue weighted by Gasteiger charge is 2.46. The van der Waals surface area contributed by atoms with Crippen LogP contribution in [0.4, 0.5) is 33.5 Å². The molecule has 5 rings (SSSR count). The van der Waals surface area contributed by atoms with Crippen molar-refractivity contribution in [2.24, 2.45) is 5.41 Å². The number of ether oxygens (including phenoxy) is 1. The van der Waals surface area contributed by atoms with Gasteiger partial charge in [0.2, 0.25) is 5.91 Å². The number of carbonyl (C=O) groups is 1. The average Bonchev–Trinajstić information content (AvgIpc) is 3.35. The maximum absolute atomic E-state index is 13.1. The molecule has 1 amide bonds. The van der Waals surface area contributed by atoms with Crippen molar-refractivity contribution in [1.29, 1.82) is 0 Å². The number of hydrogen-bond donors (Lipinski definition) is 0. The molecule has 0 radical (unpaired) electrons. The van der Waals surface area contributed by atoms with Gasteiger partial charge in [0.25, 0.3) is 12.3 Å². The number of amides is 1. The highest BCUT2D eigenvalue weighted by Crippen LogP contribution is 2.43. The van der Waals surface area contributed by atoms with Crippen molar-refractivity contribution in [3.8, 4) is 5.88 Å². The molecular formula is C23H24F5N7O2. The topological polar surface area (TPSA) is 89.3 Å². The number of pyridine rings is 1. The van der Waals surface area contributed by atoms with Gasteiger partial charge in [0, 0.05) is 31.5 Å². The molecule has 5 heterocycles. The lowest BCUT2D eigenvalue weighted by Gasteiger charge is -2.39. The Bertz CT molecular complexity index is 1290. The summed E-state index contributed by atoms with van der Waals surface area (Å²) in [6, 6.07) is 2.15. The first-order valence-electron chi connectivity index (χ1n) is 11.8. The number of piperidine rings is 1. The predicted molar refractivity (Wildman–Crippen MR) is 123 cm³/mol. The Morgan fingerprint density at radius 1 is 1.14 bits per heavy atom. The van der Waals surface area contributed by atoms with Crippen molar-refractivity contribution in [3.63, 3.8) is 0 Å². The molecule has 9 nitrogen and oxygen atoms in total. The van der Waals surface area contributed by atoms with Crippen molar-refractivity contribution < 1.29 is 31.5 Å². The van der Waals surface area contributed by atoms with E-state index >= 15 is 0 Å². The lowest BCUT2D eigenvalue weighted by Crippen LogP contribution is -2.42. The van der Waals surface area contributed by atoms with Gasteiger partial charge in [0.05, 0.1) is 24.7 Å². The summed E-state index contributed by atoms with van der Waals surface area (Å²) in [5.41, 5.74) is -0.480. The van der Waals surface area contributed by atoms with Crippen molar-refractivity contribution >= 4 is 28.6 Å². The Kier molecular flexibility index (Phi) is 6.36. The number of fused-ring (bicyclic) bond motifs is 1. The smallest absolute Gasteiger partial charge is 0.433 e. The van der Waals surface area contributed by atoms with Gasteiger partial charge >= 0.3 is 6.18 Å². The standard InChI is InChI=1S/C23H24F5N7O2/c1-2-37-21-19-20(35(32-21)12-16(24)25)31-17(11-30-19)33-7-5-22(6-8-33)9-18(36)34(13-22)14-3-4-15(29-10-14)23(26,27)28/h3-4,10-11,16H,2,5-9,12-13H2,1H3. The van der Waals surface area contributed by atoms with Gasteiger partial charge in [0.15, 0.2) is 11.2 Å². The molecule has 37 heavy (non-hydrogen) atoms. The molecule has 1 spiro atoms. The summed E-state index contributed by atoms with van der Waals surface area (Å²) in [6.07, 6.45) is -2.97. The molecule has 0 aromatic carbocycles. The lowest BCUT2D eigenvalue weighted by atomic mass is 9.77. The predicted octanol–water partition coefficient (Wildman–Crippen LogP) is 3.93. The highest BCUT2D eigenvalue weighted by molar-refractivity contribution is 5.96. The van der Waals surface area contributed by atoms with Crippen LogP contribution in [0.1, 0.15) is 31.9 Å².